The van der Waals surface area contributed by atoms with Crippen LogP contribution in [0.15, 0.2) is 59.6 Å². The summed E-state index contributed by atoms with van der Waals surface area (Å²) in [6, 6.07) is 14.9. The Balaban J connectivity index is 1.73. The molecule has 30 heavy (non-hydrogen) atoms. The largest absolute Gasteiger partial charge is 0.369 e. The van der Waals surface area contributed by atoms with Gasteiger partial charge < -0.3 is 9.80 Å². The third-order valence-corrected chi connectivity index (χ3v) is 7.60. The van der Waals surface area contributed by atoms with E-state index in [-0.39, 0.29) is 0 Å². The molecule has 0 spiro atoms. The molecule has 0 atom stereocenters. The molecule has 0 amide bonds. The quantitative estimate of drug-likeness (QED) is 0.635. The third kappa shape index (κ3) is 3.77. The van der Waals surface area contributed by atoms with Crippen LogP contribution in [0.25, 0.3) is 11.3 Å². The topological polar surface area (TPSA) is 45.6 Å². The Labute approximate surface area is 179 Å². The summed E-state index contributed by atoms with van der Waals surface area (Å²) >= 11 is 0. The van der Waals surface area contributed by atoms with Crippen molar-refractivity contribution in [2.75, 3.05) is 38.1 Å². The van der Waals surface area contributed by atoms with E-state index in [0.717, 1.165) is 37.3 Å². The summed E-state index contributed by atoms with van der Waals surface area (Å²) in [4.78, 5) is 5.09. The van der Waals surface area contributed by atoms with Gasteiger partial charge in [-0.1, -0.05) is 17.7 Å². The number of hydrogen-bond acceptors (Lipinski definition) is 4. The van der Waals surface area contributed by atoms with Crippen LogP contribution >= 0.6 is 0 Å². The van der Waals surface area contributed by atoms with Crippen molar-refractivity contribution in [1.82, 2.24) is 8.87 Å². The Hall–Kier alpha value is -2.57. The second-order valence-corrected chi connectivity index (χ2v) is 10.1. The molecule has 1 aromatic heterocycles. The van der Waals surface area contributed by atoms with Gasteiger partial charge in [0.1, 0.15) is 0 Å². The van der Waals surface area contributed by atoms with Crippen LogP contribution in [0, 0.1) is 20.8 Å². The van der Waals surface area contributed by atoms with Crippen LogP contribution in [0.1, 0.15) is 16.7 Å². The molecule has 158 valence electrons. The first-order valence-electron chi connectivity index (χ1n) is 10.3. The molecule has 0 N–H and O–H groups in total. The molecule has 1 saturated heterocycles. The molecule has 0 aliphatic carbocycles. The Bertz CT molecular complexity index is 1130. The van der Waals surface area contributed by atoms with Gasteiger partial charge in [-0.2, -0.15) is 0 Å². The van der Waals surface area contributed by atoms with Crippen LogP contribution in [0.3, 0.4) is 0 Å². The van der Waals surface area contributed by atoms with E-state index >= 15 is 0 Å². The zero-order valence-corrected chi connectivity index (χ0v) is 18.9. The minimum absolute atomic E-state index is 0.299. The lowest BCUT2D eigenvalue weighted by Crippen LogP contribution is -2.45. The third-order valence-electron chi connectivity index (χ3n) is 5.90. The highest BCUT2D eigenvalue weighted by Crippen LogP contribution is 2.33. The summed E-state index contributed by atoms with van der Waals surface area (Å²) in [5, 5.41) is 0. The maximum Gasteiger partial charge on any atom is 0.268 e. The van der Waals surface area contributed by atoms with Crippen LogP contribution in [-0.4, -0.2) is 50.5 Å². The highest BCUT2D eigenvalue weighted by atomic mass is 32.2. The van der Waals surface area contributed by atoms with E-state index in [2.05, 4.69) is 42.8 Å². The van der Waals surface area contributed by atoms with Gasteiger partial charge in [0.05, 0.1) is 10.6 Å². The number of aryl methyl sites for hydroxylation is 3. The number of likely N-dealkylation sites (N-methyl/N-ethyl adjacent to an activating group) is 1. The number of rotatable bonds is 4. The van der Waals surface area contributed by atoms with Gasteiger partial charge >= 0.3 is 0 Å². The van der Waals surface area contributed by atoms with Crippen LogP contribution in [0.5, 0.6) is 0 Å². The van der Waals surface area contributed by atoms with Gasteiger partial charge in [0.2, 0.25) is 0 Å². The van der Waals surface area contributed by atoms with Crippen LogP contribution in [0.2, 0.25) is 0 Å². The summed E-state index contributed by atoms with van der Waals surface area (Å²) in [5.41, 5.74) is 6.26. The number of nitrogens with zero attached hydrogens (tertiary/aromatic N) is 3. The Morgan fingerprint density at radius 3 is 2.03 bits per heavy atom. The van der Waals surface area contributed by atoms with E-state index in [1.54, 1.807) is 24.4 Å². The molecule has 1 fully saturated rings. The van der Waals surface area contributed by atoms with Gasteiger partial charge in [-0.05, 0) is 80.9 Å². The summed E-state index contributed by atoms with van der Waals surface area (Å²) in [6.07, 6.45) is 1.63. The zero-order chi connectivity index (χ0) is 21.5. The fourth-order valence-corrected chi connectivity index (χ4v) is 5.62. The fourth-order valence-electron chi connectivity index (χ4n) is 4.26. The lowest BCUT2D eigenvalue weighted by Gasteiger charge is -2.36. The molecule has 0 saturated carbocycles. The van der Waals surface area contributed by atoms with Crippen molar-refractivity contribution in [3.05, 3.63) is 71.4 Å². The second kappa shape index (κ2) is 7.93. The van der Waals surface area contributed by atoms with Crippen molar-refractivity contribution < 1.29 is 8.42 Å². The molecule has 1 aliphatic heterocycles. The molecule has 5 nitrogen and oxygen atoms in total. The summed E-state index contributed by atoms with van der Waals surface area (Å²) in [6.45, 7) is 10.3. The Kier molecular flexibility index (Phi) is 5.47. The van der Waals surface area contributed by atoms with E-state index in [9.17, 15) is 8.42 Å². The highest BCUT2D eigenvalue weighted by Gasteiger charge is 2.22. The average molecular weight is 424 g/mol. The van der Waals surface area contributed by atoms with Gasteiger partial charge in [0, 0.05) is 38.1 Å². The zero-order valence-electron chi connectivity index (χ0n) is 18.1. The van der Waals surface area contributed by atoms with Gasteiger partial charge in [0.15, 0.2) is 0 Å². The van der Waals surface area contributed by atoms with Crippen molar-refractivity contribution in [1.29, 1.82) is 0 Å². The van der Waals surface area contributed by atoms with Gasteiger partial charge in [0.25, 0.3) is 10.0 Å². The molecular weight excluding hydrogens is 394 g/mol. The number of aromatic nitrogens is 1. The first-order valence-corrected chi connectivity index (χ1v) is 11.8. The first-order chi connectivity index (χ1) is 14.3. The molecule has 0 bridgehead atoms. The number of anilines is 1. The predicted molar refractivity (Wildman–Crippen MR) is 123 cm³/mol. The Morgan fingerprint density at radius 1 is 0.833 bits per heavy atom. The maximum absolute atomic E-state index is 13.3. The molecule has 4 rings (SSSR count). The molecule has 1 aliphatic rings. The average Bonchev–Trinajstić information content (AvgIpc) is 3.20. The molecular formula is C24H29N3O2S. The first kappa shape index (κ1) is 20.7. The summed E-state index contributed by atoms with van der Waals surface area (Å²) in [7, 11) is -1.50. The Morgan fingerprint density at radius 2 is 1.43 bits per heavy atom. The van der Waals surface area contributed by atoms with E-state index in [4.69, 9.17) is 0 Å². The molecule has 0 radical (unpaired) electrons. The fraction of sp³-hybridized carbons (Fsp3) is 0.333. The molecule has 0 unspecified atom stereocenters. The maximum atomic E-state index is 13.3. The molecule has 6 heteroatoms. The number of hydrogen-bond donors (Lipinski definition) is 0. The smallest absolute Gasteiger partial charge is 0.268 e. The molecule has 2 heterocycles. The highest BCUT2D eigenvalue weighted by molar-refractivity contribution is 7.90. The van der Waals surface area contributed by atoms with Crippen molar-refractivity contribution in [3.63, 3.8) is 0 Å². The second-order valence-electron chi connectivity index (χ2n) is 8.26. The van der Waals surface area contributed by atoms with E-state index in [1.807, 2.05) is 25.1 Å². The lowest BCUT2D eigenvalue weighted by atomic mass is 10.0. The summed E-state index contributed by atoms with van der Waals surface area (Å²) < 4.78 is 27.9. The van der Waals surface area contributed by atoms with E-state index in [1.165, 1.54) is 20.8 Å². The number of piperazine rings is 1. The predicted octanol–water partition coefficient (Wildman–Crippen LogP) is 4.07. The van der Waals surface area contributed by atoms with Crippen LogP contribution in [0.4, 0.5) is 5.69 Å². The lowest BCUT2D eigenvalue weighted by molar-refractivity contribution is 0.312. The van der Waals surface area contributed by atoms with Crippen LogP contribution < -0.4 is 4.90 Å². The van der Waals surface area contributed by atoms with Crippen molar-refractivity contribution in [3.8, 4) is 11.3 Å². The standard InChI is InChI=1S/C24H29N3O2S/c1-18-7-9-22(10-8-18)30(28,29)27-11-5-6-23(27)21-16-19(2)24(20(3)17-21)26-14-12-25(4)13-15-26/h5-11,16-17H,12-15H2,1-4H3. The van der Waals surface area contributed by atoms with Gasteiger partial charge in [-0.15, -0.1) is 0 Å². The molecule has 2 aromatic carbocycles. The SMILES string of the molecule is Cc1ccc(S(=O)(=O)n2cccc2-c2cc(C)c(N3CCN(C)CC3)c(C)c2)cc1. The van der Waals surface area contributed by atoms with E-state index < -0.39 is 10.0 Å². The van der Waals surface area contributed by atoms with Crippen LogP contribution in [-0.2, 0) is 10.0 Å². The minimum Gasteiger partial charge on any atom is -0.369 e. The van der Waals surface area contributed by atoms with Gasteiger partial charge in [-0.3, -0.25) is 0 Å². The van der Waals surface area contributed by atoms with E-state index in [0.29, 0.717) is 10.6 Å². The van der Waals surface area contributed by atoms with Crippen molar-refractivity contribution >= 4 is 15.7 Å². The monoisotopic (exact) mass is 423 g/mol. The van der Waals surface area contributed by atoms with Crippen molar-refractivity contribution in [2.45, 2.75) is 25.7 Å². The molecule has 3 aromatic rings. The minimum atomic E-state index is -3.65. The normalized spacial score (nSPS) is 15.5. The summed E-state index contributed by atoms with van der Waals surface area (Å²) in [5.74, 6) is 0. The van der Waals surface area contributed by atoms with Crippen molar-refractivity contribution in [2.24, 2.45) is 0 Å². The van der Waals surface area contributed by atoms with Gasteiger partial charge in [-0.25, -0.2) is 12.4 Å². The number of benzene rings is 2.